The average Bonchev–Trinajstić information content (AvgIpc) is 2.63. The highest BCUT2D eigenvalue weighted by molar-refractivity contribution is 5.17. The number of ether oxygens (including phenoxy) is 1. The Kier molecular flexibility index (Phi) is 7.96. The molecule has 24 heavy (non-hydrogen) atoms. The van der Waals surface area contributed by atoms with Gasteiger partial charge in [0.15, 0.2) is 0 Å². The lowest BCUT2D eigenvalue weighted by molar-refractivity contribution is 0.00508. The zero-order valence-electron chi connectivity index (χ0n) is 14.9. The maximum Gasteiger partial charge on any atom is 0.0738 e. The maximum absolute atomic E-state index is 6.17. The molecule has 2 aromatic carbocycles. The maximum atomic E-state index is 6.17. The van der Waals surface area contributed by atoms with Crippen LogP contribution in [-0.2, 0) is 17.8 Å². The molecule has 2 rings (SSSR count). The average molecular weight is 326 g/mol. The Morgan fingerprint density at radius 1 is 0.917 bits per heavy atom. The largest absolute Gasteiger partial charge is 0.380 e. The van der Waals surface area contributed by atoms with Crippen molar-refractivity contribution < 1.29 is 4.74 Å². The second kappa shape index (κ2) is 10.2. The molecule has 0 aromatic heterocycles. The summed E-state index contributed by atoms with van der Waals surface area (Å²) in [6.07, 6.45) is 2.28. The number of methoxy groups -OCH3 is 1. The SMILES string of the molecule is CCCC(OC)C(CN)N(Cc1ccccc1)Cc1ccccc1. The van der Waals surface area contributed by atoms with Crippen LogP contribution in [0.1, 0.15) is 30.9 Å². The predicted octanol–water partition coefficient (Wildman–Crippen LogP) is 3.83. The molecule has 0 fully saturated rings. The smallest absolute Gasteiger partial charge is 0.0738 e. The number of benzene rings is 2. The molecule has 130 valence electrons. The third-order valence-corrected chi connectivity index (χ3v) is 4.47. The molecule has 0 aliphatic carbocycles. The van der Waals surface area contributed by atoms with Gasteiger partial charge in [-0.15, -0.1) is 0 Å². The summed E-state index contributed by atoms with van der Waals surface area (Å²) in [6.45, 7) is 4.54. The molecule has 3 nitrogen and oxygen atoms in total. The number of hydrogen-bond acceptors (Lipinski definition) is 3. The molecule has 0 spiro atoms. The monoisotopic (exact) mass is 326 g/mol. The fourth-order valence-electron chi connectivity index (χ4n) is 3.21. The second-order valence-corrected chi connectivity index (χ2v) is 6.24. The summed E-state index contributed by atoms with van der Waals surface area (Å²) < 4.78 is 5.78. The van der Waals surface area contributed by atoms with Crippen LogP contribution in [0.2, 0.25) is 0 Å². The molecule has 2 N–H and O–H groups in total. The van der Waals surface area contributed by atoms with Crippen LogP contribution in [0.15, 0.2) is 60.7 Å². The molecule has 0 amide bonds. The lowest BCUT2D eigenvalue weighted by Gasteiger charge is -2.36. The van der Waals surface area contributed by atoms with E-state index in [0.29, 0.717) is 6.54 Å². The summed E-state index contributed by atoms with van der Waals surface area (Å²) in [5.41, 5.74) is 8.77. The van der Waals surface area contributed by atoms with Crippen molar-refractivity contribution in [1.82, 2.24) is 4.90 Å². The molecule has 0 saturated carbocycles. The van der Waals surface area contributed by atoms with Crippen LogP contribution < -0.4 is 5.73 Å². The number of nitrogens with zero attached hydrogens (tertiary/aromatic N) is 1. The van der Waals surface area contributed by atoms with Gasteiger partial charge >= 0.3 is 0 Å². The number of nitrogens with two attached hydrogens (primary N) is 1. The summed E-state index contributed by atoms with van der Waals surface area (Å²) in [7, 11) is 1.80. The molecule has 2 unspecified atom stereocenters. The first-order valence-electron chi connectivity index (χ1n) is 8.83. The third-order valence-electron chi connectivity index (χ3n) is 4.47. The number of hydrogen-bond donors (Lipinski definition) is 1. The fourth-order valence-corrected chi connectivity index (χ4v) is 3.21. The van der Waals surface area contributed by atoms with E-state index in [9.17, 15) is 0 Å². The Morgan fingerprint density at radius 3 is 1.79 bits per heavy atom. The Labute approximate surface area is 146 Å². The van der Waals surface area contributed by atoms with Crippen molar-refractivity contribution in [2.45, 2.75) is 45.0 Å². The zero-order valence-corrected chi connectivity index (χ0v) is 14.9. The van der Waals surface area contributed by atoms with Crippen LogP contribution in [-0.4, -0.2) is 30.7 Å². The van der Waals surface area contributed by atoms with E-state index in [2.05, 4.69) is 72.5 Å². The highest BCUT2D eigenvalue weighted by atomic mass is 16.5. The van der Waals surface area contributed by atoms with Crippen LogP contribution >= 0.6 is 0 Å². The van der Waals surface area contributed by atoms with E-state index in [1.54, 1.807) is 7.11 Å². The first-order valence-corrected chi connectivity index (χ1v) is 8.83. The molecule has 0 saturated heterocycles. The Morgan fingerprint density at radius 2 is 1.42 bits per heavy atom. The molecule has 0 radical (unpaired) electrons. The first-order chi connectivity index (χ1) is 11.8. The summed E-state index contributed by atoms with van der Waals surface area (Å²) in [5, 5.41) is 0. The van der Waals surface area contributed by atoms with E-state index in [1.165, 1.54) is 11.1 Å². The highest BCUT2D eigenvalue weighted by Gasteiger charge is 2.26. The third kappa shape index (κ3) is 5.45. The van der Waals surface area contributed by atoms with E-state index >= 15 is 0 Å². The Balaban J connectivity index is 2.22. The second-order valence-electron chi connectivity index (χ2n) is 6.24. The van der Waals surface area contributed by atoms with Crippen LogP contribution in [0.25, 0.3) is 0 Å². The lowest BCUT2D eigenvalue weighted by atomic mass is 10.0. The topological polar surface area (TPSA) is 38.5 Å². The predicted molar refractivity (Wildman–Crippen MR) is 101 cm³/mol. The van der Waals surface area contributed by atoms with Crippen molar-refractivity contribution in [1.29, 1.82) is 0 Å². The summed E-state index contributed by atoms with van der Waals surface area (Å²) in [5.74, 6) is 0. The molecule has 2 aromatic rings. The van der Waals surface area contributed by atoms with Gasteiger partial charge in [-0.2, -0.15) is 0 Å². The lowest BCUT2D eigenvalue weighted by Crippen LogP contribution is -2.48. The highest BCUT2D eigenvalue weighted by Crippen LogP contribution is 2.19. The Bertz CT molecular complexity index is 517. The number of rotatable bonds is 10. The molecular formula is C21H30N2O. The minimum atomic E-state index is 0.160. The van der Waals surface area contributed by atoms with Crippen molar-refractivity contribution in [2.24, 2.45) is 5.73 Å². The van der Waals surface area contributed by atoms with E-state index in [-0.39, 0.29) is 12.1 Å². The van der Waals surface area contributed by atoms with Crippen molar-refractivity contribution in [3.05, 3.63) is 71.8 Å². The van der Waals surface area contributed by atoms with Gasteiger partial charge in [-0.1, -0.05) is 74.0 Å². The minimum absolute atomic E-state index is 0.160. The quantitative estimate of drug-likeness (QED) is 0.721. The molecule has 0 bridgehead atoms. The molecule has 3 heteroatoms. The van der Waals surface area contributed by atoms with E-state index in [0.717, 1.165) is 25.9 Å². The van der Waals surface area contributed by atoms with Crippen molar-refractivity contribution in [2.75, 3.05) is 13.7 Å². The van der Waals surface area contributed by atoms with Gasteiger partial charge in [-0.05, 0) is 17.5 Å². The van der Waals surface area contributed by atoms with E-state index in [1.807, 2.05) is 0 Å². The van der Waals surface area contributed by atoms with Crippen LogP contribution in [0.4, 0.5) is 0 Å². The van der Waals surface area contributed by atoms with Crippen molar-refractivity contribution in [3.63, 3.8) is 0 Å². The summed E-state index contributed by atoms with van der Waals surface area (Å²) in [6, 6.07) is 21.4. The first kappa shape index (κ1) is 18.7. The fraction of sp³-hybridized carbons (Fsp3) is 0.429. The van der Waals surface area contributed by atoms with Gasteiger partial charge in [0.1, 0.15) is 0 Å². The van der Waals surface area contributed by atoms with E-state index < -0.39 is 0 Å². The van der Waals surface area contributed by atoms with Crippen molar-refractivity contribution >= 4 is 0 Å². The molecule has 2 atom stereocenters. The van der Waals surface area contributed by atoms with Crippen molar-refractivity contribution in [3.8, 4) is 0 Å². The van der Waals surface area contributed by atoms with Gasteiger partial charge in [0, 0.05) is 32.8 Å². The van der Waals surface area contributed by atoms with Crippen LogP contribution in [0, 0.1) is 0 Å². The normalized spacial score (nSPS) is 13.8. The summed E-state index contributed by atoms with van der Waals surface area (Å²) >= 11 is 0. The molecule has 0 aliphatic heterocycles. The molecule has 0 heterocycles. The summed E-state index contributed by atoms with van der Waals surface area (Å²) in [4.78, 5) is 2.45. The van der Waals surface area contributed by atoms with Crippen LogP contribution in [0.3, 0.4) is 0 Å². The molecular weight excluding hydrogens is 296 g/mol. The van der Waals surface area contributed by atoms with Gasteiger partial charge in [0.2, 0.25) is 0 Å². The van der Waals surface area contributed by atoms with Crippen LogP contribution in [0.5, 0.6) is 0 Å². The minimum Gasteiger partial charge on any atom is -0.380 e. The standard InChI is InChI=1S/C21H30N2O/c1-3-10-21(24-2)20(15-22)23(16-18-11-6-4-7-12-18)17-19-13-8-5-9-14-19/h4-9,11-14,20-21H,3,10,15-17,22H2,1-2H3. The van der Waals surface area contributed by atoms with Gasteiger partial charge in [0.25, 0.3) is 0 Å². The van der Waals surface area contributed by atoms with E-state index in [4.69, 9.17) is 10.5 Å². The van der Waals surface area contributed by atoms with Gasteiger partial charge < -0.3 is 10.5 Å². The zero-order chi connectivity index (χ0) is 17.2. The Hall–Kier alpha value is -1.68. The van der Waals surface area contributed by atoms with Gasteiger partial charge in [-0.25, -0.2) is 0 Å². The molecule has 0 aliphatic rings. The van der Waals surface area contributed by atoms with Gasteiger partial charge in [-0.3, -0.25) is 4.90 Å². The van der Waals surface area contributed by atoms with Gasteiger partial charge in [0.05, 0.1) is 6.10 Å².